The molecule has 0 heterocycles. The van der Waals surface area contributed by atoms with Crippen molar-refractivity contribution in [3.8, 4) is 0 Å². The average molecular weight is 171 g/mol. The second-order valence-electron chi connectivity index (χ2n) is 2.65. The molecule has 0 aromatic heterocycles. The molecule has 3 nitrogen and oxygen atoms in total. The summed E-state index contributed by atoms with van der Waals surface area (Å²) >= 11 is 0. The van der Waals surface area contributed by atoms with E-state index in [2.05, 4.69) is 0 Å². The van der Waals surface area contributed by atoms with E-state index in [-0.39, 0.29) is 12.2 Å². The molecule has 0 fully saturated rings. The van der Waals surface area contributed by atoms with Crippen molar-refractivity contribution in [1.29, 1.82) is 0 Å². The minimum absolute atomic E-state index is 0.0569. The third-order valence-electron chi connectivity index (χ3n) is 1.57. The van der Waals surface area contributed by atoms with Gasteiger partial charge in [0, 0.05) is 20.1 Å². The zero-order valence-electron chi connectivity index (χ0n) is 7.96. The molecule has 0 bridgehead atoms. The maximum absolute atomic E-state index is 10.2. The van der Waals surface area contributed by atoms with E-state index in [0.29, 0.717) is 5.57 Å². The third-order valence-corrected chi connectivity index (χ3v) is 1.57. The van der Waals surface area contributed by atoms with Gasteiger partial charge in [-0.3, -0.25) is 4.79 Å². The zero-order chi connectivity index (χ0) is 9.56. The largest absolute Gasteiger partial charge is 0.355 e. The van der Waals surface area contributed by atoms with Crippen LogP contribution in [0.1, 0.15) is 13.8 Å². The number of methoxy groups -OCH3 is 2. The second-order valence-corrected chi connectivity index (χ2v) is 2.65. The third kappa shape index (κ3) is 3.64. The maximum atomic E-state index is 10.2. The molecule has 0 rings (SSSR count). The van der Waals surface area contributed by atoms with Crippen molar-refractivity contribution < 1.29 is 14.3 Å². The zero-order valence-corrected chi connectivity index (χ0v) is 7.96. The van der Waals surface area contributed by atoms with Crippen LogP contribution in [0, 0.1) is 5.92 Å². The fourth-order valence-corrected chi connectivity index (χ4v) is 1.03. The first-order chi connectivity index (χ1) is 5.65. The van der Waals surface area contributed by atoms with Gasteiger partial charge < -0.3 is 9.47 Å². The molecular weight excluding hydrogens is 156 g/mol. The second kappa shape index (κ2) is 5.91. The summed E-state index contributed by atoms with van der Waals surface area (Å²) in [6.45, 7) is 3.62. The van der Waals surface area contributed by atoms with Gasteiger partial charge in [-0.1, -0.05) is 13.0 Å². The summed E-state index contributed by atoms with van der Waals surface area (Å²) in [6.07, 6.45) is 3.27. The van der Waals surface area contributed by atoms with Gasteiger partial charge in [-0.05, 0) is 12.5 Å². The summed E-state index contributed by atoms with van der Waals surface area (Å²) in [6, 6.07) is 0. The molecule has 0 aromatic carbocycles. The normalized spacial score (nSPS) is 14.9. The van der Waals surface area contributed by atoms with Crippen molar-refractivity contribution >= 4 is 6.29 Å². The molecule has 0 spiro atoms. The molecule has 0 aromatic rings. The van der Waals surface area contributed by atoms with Crippen LogP contribution in [0.3, 0.4) is 0 Å². The molecule has 0 N–H and O–H groups in total. The lowest BCUT2D eigenvalue weighted by atomic mass is 10.1. The Morgan fingerprint density at radius 1 is 1.42 bits per heavy atom. The Kier molecular flexibility index (Phi) is 5.58. The standard InChI is InChI=1S/C9H15O3/c1-7(6-10)5-8(2)9(11-3)12-4/h5,8-9H,1-4H3. The van der Waals surface area contributed by atoms with Crippen LogP contribution in [0.2, 0.25) is 0 Å². The molecule has 0 aliphatic rings. The molecule has 0 amide bonds. The Morgan fingerprint density at radius 3 is 2.25 bits per heavy atom. The van der Waals surface area contributed by atoms with Crippen LogP contribution < -0.4 is 0 Å². The van der Waals surface area contributed by atoms with Gasteiger partial charge in [0.15, 0.2) is 6.29 Å². The van der Waals surface area contributed by atoms with Gasteiger partial charge in [0.2, 0.25) is 6.29 Å². The number of carbonyl (C=O) groups excluding carboxylic acids is 1. The lowest BCUT2D eigenvalue weighted by molar-refractivity contribution is -0.122. The van der Waals surface area contributed by atoms with E-state index in [1.165, 1.54) is 0 Å². The Labute approximate surface area is 73.4 Å². The predicted octanol–water partition coefficient (Wildman–Crippen LogP) is 1.30. The monoisotopic (exact) mass is 171 g/mol. The van der Waals surface area contributed by atoms with E-state index in [4.69, 9.17) is 9.47 Å². The fourth-order valence-electron chi connectivity index (χ4n) is 1.03. The molecule has 0 saturated carbocycles. The number of hydrogen-bond donors (Lipinski definition) is 0. The molecule has 1 unspecified atom stereocenters. The van der Waals surface area contributed by atoms with Gasteiger partial charge >= 0.3 is 0 Å². The van der Waals surface area contributed by atoms with E-state index < -0.39 is 0 Å². The minimum Gasteiger partial charge on any atom is -0.355 e. The summed E-state index contributed by atoms with van der Waals surface area (Å²) in [5, 5.41) is 0. The Hall–Kier alpha value is -0.670. The van der Waals surface area contributed by atoms with Gasteiger partial charge in [0.25, 0.3) is 0 Å². The van der Waals surface area contributed by atoms with Gasteiger partial charge in [-0.25, -0.2) is 0 Å². The highest BCUT2D eigenvalue weighted by Gasteiger charge is 2.12. The molecule has 0 aliphatic heterocycles. The lowest BCUT2D eigenvalue weighted by Gasteiger charge is -2.17. The first-order valence-electron chi connectivity index (χ1n) is 3.77. The topological polar surface area (TPSA) is 35.5 Å². The summed E-state index contributed by atoms with van der Waals surface area (Å²) in [7, 11) is 3.14. The smallest absolute Gasteiger partial charge is 0.228 e. The molecule has 3 heteroatoms. The Balaban J connectivity index is 4.16. The number of rotatable bonds is 5. The first-order valence-corrected chi connectivity index (χ1v) is 3.77. The fraction of sp³-hybridized carbons (Fsp3) is 0.667. The van der Waals surface area contributed by atoms with Crippen LogP contribution in [0.4, 0.5) is 0 Å². The molecule has 12 heavy (non-hydrogen) atoms. The SMILES string of the molecule is COC(OC)C(C)C=C(C)[C]=O. The molecule has 69 valence electrons. The minimum atomic E-state index is -0.298. The molecular formula is C9H15O3. The highest BCUT2D eigenvalue weighted by Crippen LogP contribution is 2.10. The van der Waals surface area contributed by atoms with Gasteiger partial charge in [0.1, 0.15) is 0 Å². The van der Waals surface area contributed by atoms with Crippen molar-refractivity contribution in [3.63, 3.8) is 0 Å². The van der Waals surface area contributed by atoms with E-state index in [1.807, 2.05) is 6.92 Å². The number of allylic oxidation sites excluding steroid dienone is 1. The van der Waals surface area contributed by atoms with Crippen LogP contribution in [-0.4, -0.2) is 26.8 Å². The molecule has 1 radical (unpaired) electrons. The molecule has 1 atom stereocenters. The van der Waals surface area contributed by atoms with Crippen LogP contribution >= 0.6 is 0 Å². The lowest BCUT2D eigenvalue weighted by Crippen LogP contribution is -2.21. The van der Waals surface area contributed by atoms with Gasteiger partial charge in [-0.2, -0.15) is 0 Å². The summed E-state index contributed by atoms with van der Waals surface area (Å²) < 4.78 is 10.0. The maximum Gasteiger partial charge on any atom is 0.228 e. The van der Waals surface area contributed by atoms with Gasteiger partial charge in [-0.15, -0.1) is 0 Å². The Bertz CT molecular complexity index is 159. The highest BCUT2D eigenvalue weighted by molar-refractivity contribution is 5.72. The molecule has 0 aliphatic carbocycles. The van der Waals surface area contributed by atoms with Crippen LogP contribution in [-0.2, 0) is 14.3 Å². The van der Waals surface area contributed by atoms with Crippen LogP contribution in [0.25, 0.3) is 0 Å². The summed E-state index contributed by atoms with van der Waals surface area (Å²) in [5.41, 5.74) is 0.571. The van der Waals surface area contributed by atoms with Crippen molar-refractivity contribution in [1.82, 2.24) is 0 Å². The molecule has 0 saturated heterocycles. The van der Waals surface area contributed by atoms with Crippen molar-refractivity contribution in [2.24, 2.45) is 5.92 Å². The first kappa shape index (κ1) is 11.3. The quantitative estimate of drug-likeness (QED) is 0.462. The number of hydrogen-bond acceptors (Lipinski definition) is 3. The average Bonchev–Trinajstić information content (AvgIpc) is 2.06. The predicted molar refractivity (Wildman–Crippen MR) is 46.4 cm³/mol. The summed E-state index contributed by atoms with van der Waals surface area (Å²) in [5.74, 6) is 0.0569. The summed E-state index contributed by atoms with van der Waals surface area (Å²) in [4.78, 5) is 10.2. The van der Waals surface area contributed by atoms with E-state index in [9.17, 15) is 4.79 Å². The van der Waals surface area contributed by atoms with E-state index in [0.717, 1.165) is 0 Å². The van der Waals surface area contributed by atoms with Crippen LogP contribution in [0.5, 0.6) is 0 Å². The van der Waals surface area contributed by atoms with Gasteiger partial charge in [0.05, 0.1) is 0 Å². The van der Waals surface area contributed by atoms with E-state index in [1.54, 1.807) is 33.5 Å². The Morgan fingerprint density at radius 2 is 1.92 bits per heavy atom. The van der Waals surface area contributed by atoms with Crippen molar-refractivity contribution in [2.75, 3.05) is 14.2 Å². The van der Waals surface area contributed by atoms with Crippen molar-refractivity contribution in [3.05, 3.63) is 11.6 Å². The van der Waals surface area contributed by atoms with Crippen LogP contribution in [0.15, 0.2) is 11.6 Å². The highest BCUT2D eigenvalue weighted by atomic mass is 16.7. The van der Waals surface area contributed by atoms with E-state index >= 15 is 0 Å². The number of ether oxygens (including phenoxy) is 2. The van der Waals surface area contributed by atoms with Crippen molar-refractivity contribution in [2.45, 2.75) is 20.1 Å².